The van der Waals surface area contributed by atoms with Crippen LogP contribution in [0, 0.1) is 0 Å². The van der Waals surface area contributed by atoms with Gasteiger partial charge in [-0.05, 0) is 0 Å². The molecular formula is C7H9ClIN5. The fourth-order valence-electron chi connectivity index (χ4n) is 1.35. The highest BCUT2D eigenvalue weighted by Crippen LogP contribution is 2.17. The van der Waals surface area contributed by atoms with Crippen LogP contribution in [-0.2, 0) is 14.1 Å². The molecule has 0 saturated carbocycles. The van der Waals surface area contributed by atoms with E-state index in [2.05, 4.69) is 9.97 Å². The normalized spacial score (nSPS) is 10.2. The minimum absolute atomic E-state index is 0. The Bertz CT molecular complexity index is 480. The number of halogens is 2. The predicted octanol–water partition coefficient (Wildman–Crippen LogP) is -2.97. The van der Waals surface area contributed by atoms with E-state index in [9.17, 15) is 0 Å². The molecular weight excluding hydrogens is 316 g/mol. The summed E-state index contributed by atoms with van der Waals surface area (Å²) in [6.45, 7) is 0. The summed E-state index contributed by atoms with van der Waals surface area (Å²) in [5, 5.41) is 0.380. The van der Waals surface area contributed by atoms with Crippen LogP contribution in [0.15, 0.2) is 6.33 Å². The number of hydrogen-bond acceptors (Lipinski definition) is 3. The second-order valence-corrected chi connectivity index (χ2v) is 3.24. The van der Waals surface area contributed by atoms with Crippen LogP contribution in [0.4, 0.5) is 5.95 Å². The molecule has 0 unspecified atom stereocenters. The number of aromatic nitrogens is 4. The first kappa shape index (κ1) is 11.4. The van der Waals surface area contributed by atoms with Crippen molar-refractivity contribution in [3.8, 4) is 0 Å². The van der Waals surface area contributed by atoms with Crippen molar-refractivity contribution < 1.29 is 28.5 Å². The van der Waals surface area contributed by atoms with Gasteiger partial charge in [0.05, 0.1) is 14.1 Å². The quantitative estimate of drug-likeness (QED) is 0.320. The van der Waals surface area contributed by atoms with Crippen LogP contribution in [-0.4, -0.2) is 14.5 Å². The van der Waals surface area contributed by atoms with Crippen molar-refractivity contribution in [2.24, 2.45) is 14.1 Å². The topological polar surface area (TPSA) is 60.6 Å². The SMILES string of the molecule is Cn1c[n+](C)c2nc(N)nc(Cl)c21.[I-]. The molecule has 0 saturated heterocycles. The fraction of sp³-hybridized carbons (Fsp3) is 0.286. The molecule has 0 aliphatic heterocycles. The second-order valence-electron chi connectivity index (χ2n) is 2.88. The van der Waals surface area contributed by atoms with Gasteiger partial charge in [-0.1, -0.05) is 16.6 Å². The minimum Gasteiger partial charge on any atom is -1.00 e. The van der Waals surface area contributed by atoms with E-state index >= 15 is 0 Å². The summed E-state index contributed by atoms with van der Waals surface area (Å²) in [4.78, 5) is 7.96. The summed E-state index contributed by atoms with van der Waals surface area (Å²) >= 11 is 5.92. The first-order valence-corrected chi connectivity index (χ1v) is 4.11. The van der Waals surface area contributed by atoms with E-state index < -0.39 is 0 Å². The lowest BCUT2D eigenvalue weighted by molar-refractivity contribution is -0.647. The Kier molecular flexibility index (Phi) is 3.15. The molecule has 5 nitrogen and oxygen atoms in total. The van der Waals surface area contributed by atoms with Gasteiger partial charge in [0.2, 0.25) is 5.52 Å². The molecule has 7 heteroatoms. The lowest BCUT2D eigenvalue weighted by Crippen LogP contribution is -3.00. The van der Waals surface area contributed by atoms with Crippen molar-refractivity contribution in [2.75, 3.05) is 5.73 Å². The number of imidazole rings is 1. The number of nitrogens with two attached hydrogens (primary N) is 1. The van der Waals surface area contributed by atoms with Crippen LogP contribution in [0.25, 0.3) is 11.2 Å². The number of aryl methyl sites for hydroxylation is 2. The highest BCUT2D eigenvalue weighted by molar-refractivity contribution is 6.33. The maximum atomic E-state index is 5.92. The van der Waals surface area contributed by atoms with E-state index in [4.69, 9.17) is 17.3 Å². The van der Waals surface area contributed by atoms with Gasteiger partial charge in [-0.25, -0.2) is 4.57 Å². The molecule has 2 aromatic heterocycles. The zero-order chi connectivity index (χ0) is 9.59. The monoisotopic (exact) mass is 325 g/mol. The summed E-state index contributed by atoms with van der Waals surface area (Å²) in [7, 11) is 3.76. The van der Waals surface area contributed by atoms with Crippen molar-refractivity contribution in [2.45, 2.75) is 0 Å². The van der Waals surface area contributed by atoms with Gasteiger partial charge >= 0.3 is 5.65 Å². The van der Waals surface area contributed by atoms with E-state index in [-0.39, 0.29) is 29.9 Å². The summed E-state index contributed by atoms with van der Waals surface area (Å²) in [5.41, 5.74) is 7.00. The molecule has 0 atom stereocenters. The van der Waals surface area contributed by atoms with Gasteiger partial charge in [-0.15, -0.1) is 0 Å². The highest BCUT2D eigenvalue weighted by Gasteiger charge is 2.17. The number of rotatable bonds is 0. The van der Waals surface area contributed by atoms with Crippen molar-refractivity contribution in [3.05, 3.63) is 11.5 Å². The van der Waals surface area contributed by atoms with E-state index in [0.717, 1.165) is 11.2 Å². The zero-order valence-electron chi connectivity index (χ0n) is 7.70. The van der Waals surface area contributed by atoms with Gasteiger partial charge in [-0.2, -0.15) is 4.98 Å². The van der Waals surface area contributed by atoms with E-state index in [0.29, 0.717) is 5.15 Å². The average Bonchev–Trinajstić information content (AvgIpc) is 2.27. The number of anilines is 1. The number of hydrogen-bond donors (Lipinski definition) is 1. The predicted molar refractivity (Wildman–Crippen MR) is 49.1 cm³/mol. The largest absolute Gasteiger partial charge is 1.00 e. The van der Waals surface area contributed by atoms with E-state index in [1.54, 1.807) is 0 Å². The lowest BCUT2D eigenvalue weighted by atomic mass is 10.5. The molecule has 0 fully saturated rings. The first-order chi connectivity index (χ1) is 6.09. The van der Waals surface area contributed by atoms with Crippen LogP contribution in [0.2, 0.25) is 5.15 Å². The molecule has 0 aliphatic carbocycles. The van der Waals surface area contributed by atoms with Crippen molar-refractivity contribution in [1.29, 1.82) is 0 Å². The van der Waals surface area contributed by atoms with Gasteiger partial charge in [-0.3, -0.25) is 4.57 Å². The van der Waals surface area contributed by atoms with Gasteiger partial charge in [0, 0.05) is 0 Å². The minimum atomic E-state index is 0. The van der Waals surface area contributed by atoms with Gasteiger partial charge in [0.1, 0.15) is 0 Å². The highest BCUT2D eigenvalue weighted by atomic mass is 127. The molecule has 0 aromatic carbocycles. The van der Waals surface area contributed by atoms with Crippen LogP contribution < -0.4 is 34.3 Å². The van der Waals surface area contributed by atoms with E-state index in [1.165, 1.54) is 0 Å². The maximum absolute atomic E-state index is 5.92. The summed E-state index contributed by atoms with van der Waals surface area (Å²) in [6, 6.07) is 0. The van der Waals surface area contributed by atoms with Gasteiger partial charge in [0.15, 0.2) is 11.5 Å². The molecule has 2 N–H and O–H groups in total. The molecule has 0 radical (unpaired) electrons. The Labute approximate surface area is 103 Å². The number of nitrogen functional groups attached to an aromatic ring is 1. The molecule has 76 valence electrons. The number of fused-ring (bicyclic) bond motifs is 1. The third kappa shape index (κ3) is 1.63. The van der Waals surface area contributed by atoms with Crippen molar-refractivity contribution >= 4 is 28.7 Å². The summed E-state index contributed by atoms with van der Waals surface area (Å²) in [5.74, 6) is 0.194. The molecule has 14 heavy (non-hydrogen) atoms. The fourth-order valence-corrected chi connectivity index (χ4v) is 1.66. The van der Waals surface area contributed by atoms with Crippen molar-refractivity contribution in [3.63, 3.8) is 0 Å². The lowest BCUT2D eigenvalue weighted by Gasteiger charge is -1.91. The third-order valence-electron chi connectivity index (χ3n) is 1.87. The molecule has 2 rings (SSSR count). The average molecular weight is 326 g/mol. The Morgan fingerprint density at radius 2 is 2.14 bits per heavy atom. The molecule has 0 spiro atoms. The molecule has 2 aromatic rings. The molecule has 2 heterocycles. The van der Waals surface area contributed by atoms with Crippen molar-refractivity contribution in [1.82, 2.24) is 14.5 Å². The number of nitrogens with zero attached hydrogens (tertiary/aromatic N) is 4. The molecule has 0 bridgehead atoms. The standard InChI is InChI=1S/C7H9ClN5.HI/c1-12-3-13(2)6-4(12)5(8)10-7(9)11-6;/h3H,1-2H3,(H2,9,10,11);1H/q+1;/p-1. The summed E-state index contributed by atoms with van der Waals surface area (Å²) in [6.07, 6.45) is 1.87. The van der Waals surface area contributed by atoms with Gasteiger partial charge in [0.25, 0.3) is 5.95 Å². The first-order valence-electron chi connectivity index (χ1n) is 3.73. The Morgan fingerprint density at radius 3 is 2.79 bits per heavy atom. The second kappa shape index (κ2) is 3.85. The van der Waals surface area contributed by atoms with Crippen LogP contribution in [0.5, 0.6) is 0 Å². The van der Waals surface area contributed by atoms with E-state index in [1.807, 2.05) is 29.6 Å². The summed E-state index contributed by atoms with van der Waals surface area (Å²) < 4.78 is 3.70. The maximum Gasteiger partial charge on any atom is 0.308 e. The Balaban J connectivity index is 0.000000980. The smallest absolute Gasteiger partial charge is 0.308 e. The zero-order valence-corrected chi connectivity index (χ0v) is 10.6. The van der Waals surface area contributed by atoms with Crippen LogP contribution in [0.1, 0.15) is 0 Å². The molecule has 0 aliphatic rings. The third-order valence-corrected chi connectivity index (χ3v) is 2.14. The van der Waals surface area contributed by atoms with Crippen LogP contribution >= 0.6 is 11.6 Å². The Morgan fingerprint density at radius 1 is 1.50 bits per heavy atom. The molecule has 0 amide bonds. The van der Waals surface area contributed by atoms with Crippen LogP contribution in [0.3, 0.4) is 0 Å². The van der Waals surface area contributed by atoms with Gasteiger partial charge < -0.3 is 29.7 Å². The Hall–Kier alpha value is -0.630.